The predicted octanol–water partition coefficient (Wildman–Crippen LogP) is 4.68. The highest BCUT2D eigenvalue weighted by molar-refractivity contribution is 5.92. The van der Waals surface area contributed by atoms with E-state index in [4.69, 9.17) is 9.47 Å². The molecule has 2 rings (SSSR count). The maximum Gasteiger partial charge on any atom is 0.343 e. The van der Waals surface area contributed by atoms with Gasteiger partial charge in [0.2, 0.25) is 5.91 Å². The molecular weight excluding hydrogens is 330 g/mol. The summed E-state index contributed by atoms with van der Waals surface area (Å²) in [5.74, 6) is 1.13. The van der Waals surface area contributed by atoms with E-state index in [1.54, 1.807) is 55.5 Å². The lowest BCUT2D eigenvalue weighted by Crippen LogP contribution is -2.11. The van der Waals surface area contributed by atoms with Crippen LogP contribution in [-0.2, 0) is 4.79 Å². The number of anilines is 1. The summed E-state index contributed by atoms with van der Waals surface area (Å²) in [7, 11) is 0. The minimum Gasteiger partial charge on any atom is -0.494 e. The first-order chi connectivity index (χ1) is 12.5. The molecule has 5 nitrogen and oxygen atoms in total. The Morgan fingerprint density at radius 3 is 2.42 bits per heavy atom. The van der Waals surface area contributed by atoms with Crippen LogP contribution in [0.2, 0.25) is 0 Å². The van der Waals surface area contributed by atoms with Crippen LogP contribution in [0.4, 0.5) is 5.69 Å². The molecule has 0 atom stereocenters. The molecule has 0 radical (unpaired) electrons. The van der Waals surface area contributed by atoms with Crippen molar-refractivity contribution in [2.45, 2.75) is 33.6 Å². The molecule has 138 valence electrons. The van der Waals surface area contributed by atoms with Gasteiger partial charge >= 0.3 is 5.97 Å². The molecule has 5 heteroatoms. The predicted molar refractivity (Wildman–Crippen MR) is 102 cm³/mol. The van der Waals surface area contributed by atoms with E-state index in [9.17, 15) is 9.59 Å². The van der Waals surface area contributed by atoms with Crippen molar-refractivity contribution in [1.29, 1.82) is 0 Å². The van der Waals surface area contributed by atoms with E-state index in [0.717, 1.165) is 12.2 Å². The molecule has 0 unspecified atom stereocenters. The first-order valence-corrected chi connectivity index (χ1v) is 8.83. The second-order valence-corrected chi connectivity index (χ2v) is 6.37. The van der Waals surface area contributed by atoms with Gasteiger partial charge in [0.1, 0.15) is 11.5 Å². The molecule has 0 spiro atoms. The van der Waals surface area contributed by atoms with Gasteiger partial charge in [-0.2, -0.15) is 0 Å². The summed E-state index contributed by atoms with van der Waals surface area (Å²) >= 11 is 0. The number of ether oxygens (including phenoxy) is 2. The summed E-state index contributed by atoms with van der Waals surface area (Å²) in [5, 5.41) is 2.73. The molecule has 0 saturated carbocycles. The number of benzene rings is 2. The zero-order valence-electron chi connectivity index (χ0n) is 15.5. The molecule has 0 aliphatic rings. The van der Waals surface area contributed by atoms with Crippen molar-refractivity contribution in [3.63, 3.8) is 0 Å². The van der Waals surface area contributed by atoms with Gasteiger partial charge in [-0.25, -0.2) is 4.79 Å². The number of carbonyl (C=O) groups is 2. The van der Waals surface area contributed by atoms with Gasteiger partial charge < -0.3 is 14.8 Å². The van der Waals surface area contributed by atoms with Crippen LogP contribution in [-0.4, -0.2) is 18.5 Å². The van der Waals surface area contributed by atoms with E-state index in [1.807, 2.05) is 0 Å². The number of esters is 1. The lowest BCUT2D eigenvalue weighted by molar-refractivity contribution is -0.115. The fourth-order valence-electron chi connectivity index (χ4n) is 2.15. The zero-order valence-corrected chi connectivity index (χ0v) is 15.5. The number of amides is 1. The monoisotopic (exact) mass is 355 g/mol. The van der Waals surface area contributed by atoms with Crippen molar-refractivity contribution in [3.8, 4) is 11.5 Å². The van der Waals surface area contributed by atoms with Gasteiger partial charge in [0.05, 0.1) is 12.2 Å². The lowest BCUT2D eigenvalue weighted by Gasteiger charge is -2.09. The van der Waals surface area contributed by atoms with E-state index in [1.165, 1.54) is 0 Å². The van der Waals surface area contributed by atoms with E-state index >= 15 is 0 Å². The molecule has 0 aliphatic heterocycles. The van der Waals surface area contributed by atoms with Gasteiger partial charge in [0, 0.05) is 18.2 Å². The summed E-state index contributed by atoms with van der Waals surface area (Å²) in [4.78, 5) is 23.7. The minimum atomic E-state index is -0.460. The van der Waals surface area contributed by atoms with Crippen LogP contribution in [0.25, 0.3) is 0 Å². The second kappa shape index (κ2) is 9.61. The van der Waals surface area contributed by atoms with Gasteiger partial charge in [0.15, 0.2) is 0 Å². The first-order valence-electron chi connectivity index (χ1n) is 8.83. The third-order valence-electron chi connectivity index (χ3n) is 3.70. The van der Waals surface area contributed by atoms with Crippen molar-refractivity contribution in [3.05, 3.63) is 54.1 Å². The molecule has 2 aromatic rings. The van der Waals surface area contributed by atoms with Crippen LogP contribution in [0.1, 0.15) is 44.0 Å². The summed E-state index contributed by atoms with van der Waals surface area (Å²) in [6.07, 6.45) is 1.37. The van der Waals surface area contributed by atoms with E-state index in [0.29, 0.717) is 35.9 Å². The van der Waals surface area contributed by atoms with Crippen LogP contribution >= 0.6 is 0 Å². The standard InChI is InChI=1S/C21H25NO4/c1-4-20(23)22-17-6-5-7-19(14-17)26-21(24)16-8-10-18(11-9-16)25-13-12-15(2)3/h5-11,14-15H,4,12-13H2,1-3H3,(H,22,23). The number of nitrogens with one attached hydrogen (secondary N) is 1. The fourth-order valence-corrected chi connectivity index (χ4v) is 2.15. The Morgan fingerprint density at radius 1 is 1.04 bits per heavy atom. The Kier molecular flexibility index (Phi) is 7.21. The quantitative estimate of drug-likeness (QED) is 0.552. The van der Waals surface area contributed by atoms with Crippen LogP contribution < -0.4 is 14.8 Å². The average Bonchev–Trinajstić information content (AvgIpc) is 2.62. The molecule has 0 bridgehead atoms. The normalized spacial score (nSPS) is 10.5. The molecule has 0 aromatic heterocycles. The molecule has 0 fully saturated rings. The second-order valence-electron chi connectivity index (χ2n) is 6.37. The average molecular weight is 355 g/mol. The Labute approximate surface area is 154 Å². The minimum absolute atomic E-state index is 0.0958. The van der Waals surface area contributed by atoms with Crippen molar-refractivity contribution < 1.29 is 19.1 Å². The van der Waals surface area contributed by atoms with Crippen molar-refractivity contribution in [2.24, 2.45) is 5.92 Å². The highest BCUT2D eigenvalue weighted by Crippen LogP contribution is 2.20. The summed E-state index contributed by atoms with van der Waals surface area (Å²) < 4.78 is 11.0. The fraction of sp³-hybridized carbons (Fsp3) is 0.333. The maximum atomic E-state index is 12.3. The molecule has 1 amide bonds. The Morgan fingerprint density at radius 2 is 1.77 bits per heavy atom. The van der Waals surface area contributed by atoms with Crippen molar-refractivity contribution in [2.75, 3.05) is 11.9 Å². The molecule has 0 aliphatic carbocycles. The molecule has 2 aromatic carbocycles. The number of carbonyl (C=O) groups excluding carboxylic acids is 2. The third-order valence-corrected chi connectivity index (χ3v) is 3.70. The number of hydrogen-bond donors (Lipinski definition) is 1. The van der Waals surface area contributed by atoms with Crippen LogP contribution in [0.3, 0.4) is 0 Å². The molecule has 1 N–H and O–H groups in total. The highest BCUT2D eigenvalue weighted by Gasteiger charge is 2.10. The van der Waals surface area contributed by atoms with Gasteiger partial charge in [0.25, 0.3) is 0 Å². The number of hydrogen-bond acceptors (Lipinski definition) is 4. The van der Waals surface area contributed by atoms with E-state index < -0.39 is 5.97 Å². The molecular formula is C21H25NO4. The SMILES string of the molecule is CCC(=O)Nc1cccc(OC(=O)c2ccc(OCCC(C)C)cc2)c1. The van der Waals surface area contributed by atoms with Crippen molar-refractivity contribution >= 4 is 17.6 Å². The summed E-state index contributed by atoms with van der Waals surface area (Å²) in [6, 6.07) is 13.6. The topological polar surface area (TPSA) is 64.6 Å². The van der Waals surface area contributed by atoms with Crippen molar-refractivity contribution in [1.82, 2.24) is 0 Å². The Hall–Kier alpha value is -2.82. The summed E-state index contributed by atoms with van der Waals surface area (Å²) in [6.45, 7) is 6.71. The Bertz CT molecular complexity index is 738. The van der Waals surface area contributed by atoms with E-state index in [-0.39, 0.29) is 5.91 Å². The molecule has 0 heterocycles. The third kappa shape index (κ3) is 6.24. The zero-order chi connectivity index (χ0) is 18.9. The largest absolute Gasteiger partial charge is 0.494 e. The smallest absolute Gasteiger partial charge is 0.343 e. The van der Waals surface area contributed by atoms with Crippen LogP contribution in [0, 0.1) is 5.92 Å². The van der Waals surface area contributed by atoms with Crippen LogP contribution in [0.15, 0.2) is 48.5 Å². The number of rotatable bonds is 8. The lowest BCUT2D eigenvalue weighted by atomic mass is 10.1. The van der Waals surface area contributed by atoms with Crippen LogP contribution in [0.5, 0.6) is 11.5 Å². The van der Waals surface area contributed by atoms with Gasteiger partial charge in [-0.3, -0.25) is 4.79 Å². The first kappa shape index (κ1) is 19.5. The molecule has 26 heavy (non-hydrogen) atoms. The summed E-state index contributed by atoms with van der Waals surface area (Å²) in [5.41, 5.74) is 1.03. The molecule has 0 saturated heterocycles. The van der Waals surface area contributed by atoms with E-state index in [2.05, 4.69) is 19.2 Å². The highest BCUT2D eigenvalue weighted by atomic mass is 16.5. The maximum absolute atomic E-state index is 12.3. The Balaban J connectivity index is 1.95. The van der Waals surface area contributed by atoms with Gasteiger partial charge in [-0.05, 0) is 48.7 Å². The van der Waals surface area contributed by atoms with Gasteiger partial charge in [-0.15, -0.1) is 0 Å². The van der Waals surface area contributed by atoms with Gasteiger partial charge in [-0.1, -0.05) is 26.8 Å².